The predicted octanol–water partition coefficient (Wildman–Crippen LogP) is 7.29. The number of hydrogen-bond donors (Lipinski definition) is 0. The fourth-order valence-electron chi connectivity index (χ4n) is 4.20. The number of thioether (sulfide) groups is 1. The Kier molecular flexibility index (Phi) is 6.02. The lowest BCUT2D eigenvalue weighted by atomic mass is 10.1. The van der Waals surface area contributed by atoms with E-state index in [1.165, 1.54) is 22.6 Å². The molecule has 0 bridgehead atoms. The maximum Gasteiger partial charge on any atom is 0.298 e. The largest absolute Gasteiger partial charge is 0.342 e. The zero-order valence-corrected chi connectivity index (χ0v) is 19.9. The van der Waals surface area contributed by atoms with Crippen molar-refractivity contribution >= 4 is 57.2 Å². The molecule has 0 unspecified atom stereocenters. The van der Waals surface area contributed by atoms with Gasteiger partial charge in [0.2, 0.25) is 0 Å². The lowest BCUT2D eigenvalue weighted by molar-refractivity contribution is -0.113. The van der Waals surface area contributed by atoms with Crippen molar-refractivity contribution in [2.75, 3.05) is 4.90 Å². The minimum Gasteiger partial charge on any atom is -0.342 e. The summed E-state index contributed by atoms with van der Waals surface area (Å²) in [7, 11) is 0. The summed E-state index contributed by atoms with van der Waals surface area (Å²) in [4.78, 5) is 27.3. The highest BCUT2D eigenvalue weighted by atomic mass is 35.5. The molecule has 3 aromatic carbocycles. The fraction of sp³-hybridized carbons (Fsp3) is 0.111. The number of carbonyl (C=O) groups is 2. The summed E-state index contributed by atoms with van der Waals surface area (Å²) in [6.45, 7) is 2.66. The molecule has 0 N–H and O–H groups in total. The van der Waals surface area contributed by atoms with E-state index >= 15 is 0 Å². The second-order valence-electron chi connectivity index (χ2n) is 8.00. The number of imide groups is 1. The third-order valence-corrected chi connectivity index (χ3v) is 6.95. The van der Waals surface area contributed by atoms with Crippen molar-refractivity contribution in [2.45, 2.75) is 19.9 Å². The Morgan fingerprint density at radius 1 is 1.00 bits per heavy atom. The quantitative estimate of drug-likeness (QED) is 0.276. The summed E-state index contributed by atoms with van der Waals surface area (Å²) < 4.78 is 15.5. The first kappa shape index (κ1) is 22.4. The van der Waals surface area contributed by atoms with E-state index < -0.39 is 0 Å². The third kappa shape index (κ3) is 4.15. The first-order valence-electron chi connectivity index (χ1n) is 10.8. The molecule has 0 spiro atoms. The van der Waals surface area contributed by atoms with Crippen LogP contribution in [0.4, 0.5) is 14.9 Å². The SMILES string of the molecule is CCc1cccc2c(/C=C3\SC(=O)N(c4ccc(Cl)cc4)C3=O)cn(Cc3ccc(F)cc3)c12. The molecule has 2 heterocycles. The number of benzene rings is 3. The molecule has 1 aromatic heterocycles. The summed E-state index contributed by atoms with van der Waals surface area (Å²) in [5, 5.41) is 1.19. The number of amides is 2. The van der Waals surface area contributed by atoms with Gasteiger partial charge >= 0.3 is 0 Å². The fourth-order valence-corrected chi connectivity index (χ4v) is 5.16. The minimum absolute atomic E-state index is 0.271. The van der Waals surface area contributed by atoms with Crippen LogP contribution in [0.25, 0.3) is 17.0 Å². The molecule has 4 nitrogen and oxygen atoms in total. The highest BCUT2D eigenvalue weighted by molar-refractivity contribution is 8.19. The molecule has 1 fully saturated rings. The number of para-hydroxylation sites is 1. The van der Waals surface area contributed by atoms with Crippen LogP contribution in [0.5, 0.6) is 0 Å². The van der Waals surface area contributed by atoms with E-state index in [1.807, 2.05) is 18.3 Å². The van der Waals surface area contributed by atoms with Gasteiger partial charge in [-0.2, -0.15) is 0 Å². The summed E-state index contributed by atoms with van der Waals surface area (Å²) in [6.07, 6.45) is 4.62. The van der Waals surface area contributed by atoms with Crippen LogP contribution in [0.15, 0.2) is 77.8 Å². The summed E-state index contributed by atoms with van der Waals surface area (Å²) in [5.41, 5.74) is 4.56. The maximum absolute atomic E-state index is 13.4. The standard InChI is InChI=1S/C27H20ClFN2O2S/c1-2-18-4-3-5-23-19(16-30(25(18)23)15-17-6-10-21(29)11-7-17)14-24-26(32)31(27(33)34-24)22-12-8-20(28)9-13-22/h3-14,16H,2,15H2,1H3/b24-14-. The summed E-state index contributed by atoms with van der Waals surface area (Å²) in [6, 6.07) is 19.2. The van der Waals surface area contributed by atoms with E-state index in [2.05, 4.69) is 17.6 Å². The lowest BCUT2D eigenvalue weighted by Crippen LogP contribution is -2.27. The molecular weight excluding hydrogens is 471 g/mol. The average molecular weight is 491 g/mol. The van der Waals surface area contributed by atoms with Crippen LogP contribution in [0, 0.1) is 5.82 Å². The number of hydrogen-bond acceptors (Lipinski definition) is 3. The number of carbonyl (C=O) groups excluding carboxylic acids is 2. The molecule has 0 aliphatic carbocycles. The average Bonchev–Trinajstić information content (AvgIpc) is 3.32. The van der Waals surface area contributed by atoms with Crippen LogP contribution in [0.2, 0.25) is 5.02 Å². The molecule has 1 aliphatic heterocycles. The van der Waals surface area contributed by atoms with Crippen molar-refractivity contribution < 1.29 is 14.0 Å². The Morgan fingerprint density at radius 2 is 1.74 bits per heavy atom. The van der Waals surface area contributed by atoms with Gasteiger partial charge in [0.1, 0.15) is 5.82 Å². The predicted molar refractivity (Wildman–Crippen MR) is 137 cm³/mol. The van der Waals surface area contributed by atoms with E-state index in [9.17, 15) is 14.0 Å². The van der Waals surface area contributed by atoms with Gasteiger partial charge in [0.25, 0.3) is 11.1 Å². The van der Waals surface area contributed by atoms with Gasteiger partial charge in [-0.25, -0.2) is 9.29 Å². The van der Waals surface area contributed by atoms with Crippen LogP contribution in [0.3, 0.4) is 0 Å². The number of nitrogens with zero attached hydrogens (tertiary/aromatic N) is 2. The van der Waals surface area contributed by atoms with Gasteiger partial charge in [0.05, 0.1) is 16.1 Å². The first-order valence-corrected chi connectivity index (χ1v) is 12.0. The third-order valence-electron chi connectivity index (χ3n) is 5.82. The molecule has 1 saturated heterocycles. The van der Waals surface area contributed by atoms with Crippen molar-refractivity contribution in [3.05, 3.63) is 105 Å². The molecule has 4 aromatic rings. The van der Waals surface area contributed by atoms with Crippen LogP contribution < -0.4 is 4.90 Å². The van der Waals surface area contributed by atoms with Crippen LogP contribution in [-0.4, -0.2) is 15.7 Å². The molecular formula is C27H20ClFN2O2S. The van der Waals surface area contributed by atoms with Gasteiger partial charge in [-0.15, -0.1) is 0 Å². The second kappa shape index (κ2) is 9.12. The van der Waals surface area contributed by atoms with Gasteiger partial charge in [-0.3, -0.25) is 9.59 Å². The van der Waals surface area contributed by atoms with Gasteiger partial charge in [-0.05, 0) is 71.8 Å². The second-order valence-corrected chi connectivity index (χ2v) is 9.43. The summed E-state index contributed by atoms with van der Waals surface area (Å²) >= 11 is 6.87. The Balaban J connectivity index is 1.56. The normalized spacial score (nSPS) is 15.1. The minimum atomic E-state index is -0.358. The molecule has 0 atom stereocenters. The zero-order valence-electron chi connectivity index (χ0n) is 18.3. The highest BCUT2D eigenvalue weighted by Gasteiger charge is 2.36. The molecule has 7 heteroatoms. The lowest BCUT2D eigenvalue weighted by Gasteiger charge is -2.12. The monoisotopic (exact) mass is 490 g/mol. The molecule has 0 radical (unpaired) electrons. The number of halogens is 2. The van der Waals surface area contributed by atoms with Gasteiger partial charge in [-0.1, -0.05) is 48.9 Å². The van der Waals surface area contributed by atoms with Crippen molar-refractivity contribution in [2.24, 2.45) is 0 Å². The van der Waals surface area contributed by atoms with E-state index in [1.54, 1.807) is 42.5 Å². The Labute approximate surface area is 205 Å². The summed E-state index contributed by atoms with van der Waals surface area (Å²) in [5.74, 6) is -0.629. The highest BCUT2D eigenvalue weighted by Crippen LogP contribution is 2.37. The van der Waals surface area contributed by atoms with Crippen molar-refractivity contribution in [3.63, 3.8) is 0 Å². The molecule has 170 valence electrons. The first-order chi connectivity index (χ1) is 16.4. The Bertz CT molecular complexity index is 1440. The number of rotatable bonds is 5. The van der Waals surface area contributed by atoms with Crippen LogP contribution in [0.1, 0.15) is 23.6 Å². The molecule has 0 saturated carbocycles. The van der Waals surface area contributed by atoms with Crippen LogP contribution in [-0.2, 0) is 17.8 Å². The van der Waals surface area contributed by atoms with Crippen LogP contribution >= 0.6 is 23.4 Å². The number of aryl methyl sites for hydroxylation is 1. The van der Waals surface area contributed by atoms with E-state index in [-0.39, 0.29) is 17.0 Å². The molecule has 2 amide bonds. The van der Waals surface area contributed by atoms with Gasteiger partial charge in [0, 0.05) is 28.7 Å². The number of aromatic nitrogens is 1. The zero-order chi connectivity index (χ0) is 23.8. The smallest absolute Gasteiger partial charge is 0.298 e. The Hall–Kier alpha value is -3.35. The van der Waals surface area contributed by atoms with E-state index in [0.717, 1.165) is 40.2 Å². The molecule has 5 rings (SSSR count). The Morgan fingerprint density at radius 3 is 2.44 bits per heavy atom. The number of fused-ring (bicyclic) bond motifs is 1. The van der Waals surface area contributed by atoms with Gasteiger partial charge < -0.3 is 4.57 Å². The van der Waals surface area contributed by atoms with Crippen molar-refractivity contribution in [1.29, 1.82) is 0 Å². The van der Waals surface area contributed by atoms with Gasteiger partial charge in [0.15, 0.2) is 0 Å². The van der Waals surface area contributed by atoms with E-state index in [0.29, 0.717) is 22.2 Å². The van der Waals surface area contributed by atoms with E-state index in [4.69, 9.17) is 11.6 Å². The number of anilines is 1. The van der Waals surface area contributed by atoms with Crippen molar-refractivity contribution in [3.8, 4) is 0 Å². The topological polar surface area (TPSA) is 42.3 Å². The molecule has 1 aliphatic rings. The van der Waals surface area contributed by atoms with Crippen molar-refractivity contribution in [1.82, 2.24) is 4.57 Å². The molecule has 34 heavy (non-hydrogen) atoms. The maximum atomic E-state index is 13.4.